The highest BCUT2D eigenvalue weighted by atomic mass is 79.9. The first-order valence-electron chi connectivity index (χ1n) is 7.98. The third-order valence-corrected chi connectivity index (χ3v) is 6.68. The van der Waals surface area contributed by atoms with E-state index in [0.717, 1.165) is 6.26 Å². The van der Waals surface area contributed by atoms with E-state index in [1.165, 1.54) is 17.7 Å². The maximum Gasteiger partial charge on any atom is 0.327 e. The quantitative estimate of drug-likeness (QED) is 0.654. The van der Waals surface area contributed by atoms with Crippen molar-refractivity contribution < 1.29 is 22.3 Å². The number of halogens is 2. The lowest BCUT2D eigenvalue weighted by Gasteiger charge is -2.30. The van der Waals surface area contributed by atoms with Gasteiger partial charge in [0.15, 0.2) is 14.6 Å². The predicted octanol–water partition coefficient (Wildman–Crippen LogP) is 3.47. The minimum atomic E-state index is -3.73. The monoisotopic (exact) mass is 448 g/mol. The average Bonchev–Trinajstić information content (AvgIpc) is 2.84. The van der Waals surface area contributed by atoms with E-state index in [1.54, 1.807) is 33.0 Å². The molecule has 0 aliphatic rings. The predicted molar refractivity (Wildman–Crippen MR) is 101 cm³/mol. The van der Waals surface area contributed by atoms with Gasteiger partial charge in [0, 0.05) is 30.4 Å². The Kier molecular flexibility index (Phi) is 5.54. The highest BCUT2D eigenvalue weighted by Crippen LogP contribution is 2.27. The number of hydrogen-bond donors (Lipinski definition) is 0. The van der Waals surface area contributed by atoms with Gasteiger partial charge in [-0.25, -0.2) is 12.8 Å². The maximum absolute atomic E-state index is 13.6. The van der Waals surface area contributed by atoms with Gasteiger partial charge in [0.05, 0.1) is 9.99 Å². The molecule has 0 N–H and O–H groups in total. The van der Waals surface area contributed by atoms with Gasteiger partial charge in [-0.1, -0.05) is 0 Å². The zero-order valence-corrected chi connectivity index (χ0v) is 17.7. The van der Waals surface area contributed by atoms with E-state index in [0.29, 0.717) is 15.4 Å². The van der Waals surface area contributed by atoms with Gasteiger partial charge in [0.25, 0.3) is 0 Å². The van der Waals surface area contributed by atoms with Crippen molar-refractivity contribution in [3.05, 3.63) is 28.6 Å². The smallest absolute Gasteiger partial charge is 0.327 e. The molecule has 0 saturated heterocycles. The molecule has 1 heterocycles. The summed E-state index contributed by atoms with van der Waals surface area (Å²) >= 11 is 3.12. The van der Waals surface area contributed by atoms with Gasteiger partial charge in [-0.2, -0.15) is 5.10 Å². The lowest BCUT2D eigenvalue weighted by molar-refractivity contribution is -0.158. The summed E-state index contributed by atoms with van der Waals surface area (Å²) in [6.07, 6.45) is 2.68. The molecular formula is C17H22BrFN2O4S. The lowest BCUT2D eigenvalue weighted by Crippen LogP contribution is -2.47. The summed E-state index contributed by atoms with van der Waals surface area (Å²) < 4.78 is 43.6. The van der Waals surface area contributed by atoms with E-state index in [2.05, 4.69) is 21.0 Å². The number of aryl methyl sites for hydroxylation is 1. The second kappa shape index (κ2) is 6.92. The molecule has 1 aromatic heterocycles. The second-order valence-corrected chi connectivity index (χ2v) is 10.8. The normalized spacial score (nSPS) is 15.0. The molecule has 6 nitrogen and oxygen atoms in total. The number of rotatable bonds is 5. The van der Waals surface area contributed by atoms with Crippen LogP contribution in [0.25, 0.3) is 10.9 Å². The molecule has 0 spiro atoms. The summed E-state index contributed by atoms with van der Waals surface area (Å²) in [5.41, 5.74) is -0.350. The summed E-state index contributed by atoms with van der Waals surface area (Å²) in [4.78, 5) is 12.5. The summed E-state index contributed by atoms with van der Waals surface area (Å²) in [6.45, 7) is 6.56. The second-order valence-electron chi connectivity index (χ2n) is 7.47. The fourth-order valence-electron chi connectivity index (χ4n) is 2.34. The minimum Gasteiger partial charge on any atom is -0.459 e. The van der Waals surface area contributed by atoms with Crippen LogP contribution in [0.2, 0.25) is 0 Å². The molecule has 0 aliphatic carbocycles. The number of hydrogen-bond acceptors (Lipinski definition) is 5. The highest BCUT2D eigenvalue weighted by Gasteiger charge is 2.46. The van der Waals surface area contributed by atoms with Crippen LogP contribution in [0.3, 0.4) is 0 Å². The Balaban J connectivity index is 2.29. The number of benzene rings is 1. The van der Waals surface area contributed by atoms with E-state index in [-0.39, 0.29) is 13.0 Å². The van der Waals surface area contributed by atoms with Gasteiger partial charge in [0.2, 0.25) is 0 Å². The van der Waals surface area contributed by atoms with Crippen LogP contribution in [-0.2, 0) is 25.9 Å². The van der Waals surface area contributed by atoms with Crippen molar-refractivity contribution in [2.45, 2.75) is 51.0 Å². The van der Waals surface area contributed by atoms with Crippen LogP contribution < -0.4 is 0 Å². The standard InChI is InChI=1S/C17H22BrFN2O4S/c1-16(2,3)25-15(22)17(4,26(5,23)24)6-7-21-10-11-8-12(18)13(19)9-14(11)20-21/h8-10H,6-7H2,1-5H3/t17-/m1/s1. The van der Waals surface area contributed by atoms with Gasteiger partial charge >= 0.3 is 5.97 Å². The fourth-order valence-corrected chi connectivity index (χ4v) is 3.50. The van der Waals surface area contributed by atoms with Gasteiger partial charge in [-0.3, -0.25) is 9.48 Å². The van der Waals surface area contributed by atoms with Crippen LogP contribution in [0.15, 0.2) is 22.8 Å². The first-order chi connectivity index (χ1) is 11.7. The van der Waals surface area contributed by atoms with Gasteiger partial charge < -0.3 is 4.74 Å². The van der Waals surface area contributed by atoms with Crippen molar-refractivity contribution in [3.8, 4) is 0 Å². The molecule has 0 radical (unpaired) electrons. The van der Waals surface area contributed by atoms with Gasteiger partial charge in [0.1, 0.15) is 11.4 Å². The van der Waals surface area contributed by atoms with E-state index >= 15 is 0 Å². The molecule has 2 rings (SSSR count). The molecule has 0 fully saturated rings. The van der Waals surface area contributed by atoms with Gasteiger partial charge in [-0.15, -0.1) is 0 Å². The Morgan fingerprint density at radius 2 is 1.92 bits per heavy atom. The molecule has 0 unspecified atom stereocenters. The molecular weight excluding hydrogens is 427 g/mol. The largest absolute Gasteiger partial charge is 0.459 e. The molecule has 144 valence electrons. The van der Waals surface area contributed by atoms with Crippen molar-refractivity contribution in [2.75, 3.05) is 6.26 Å². The van der Waals surface area contributed by atoms with Crippen molar-refractivity contribution in [2.24, 2.45) is 0 Å². The topological polar surface area (TPSA) is 78.3 Å². The number of nitrogens with zero attached hydrogens (tertiary/aromatic N) is 2. The zero-order chi connectivity index (χ0) is 19.9. The van der Waals surface area contributed by atoms with Crippen LogP contribution in [0, 0.1) is 5.82 Å². The number of sulfone groups is 1. The Morgan fingerprint density at radius 3 is 2.46 bits per heavy atom. The number of ether oxygens (including phenoxy) is 1. The number of aromatic nitrogens is 2. The summed E-state index contributed by atoms with van der Waals surface area (Å²) in [7, 11) is -3.73. The SMILES string of the molecule is CC(C)(C)OC(=O)[C@@](C)(CCn1cc2cc(Br)c(F)cc2n1)S(C)(=O)=O. The number of carbonyl (C=O) groups is 1. The maximum atomic E-state index is 13.6. The van der Waals surface area contributed by atoms with Gasteiger partial charge in [-0.05, 0) is 56.1 Å². The Hall–Kier alpha value is -1.48. The Morgan fingerprint density at radius 1 is 1.31 bits per heavy atom. The van der Waals surface area contributed by atoms with Crippen molar-refractivity contribution >= 4 is 42.6 Å². The molecule has 0 amide bonds. The van der Waals surface area contributed by atoms with Crippen LogP contribution in [-0.4, -0.2) is 40.8 Å². The highest BCUT2D eigenvalue weighted by molar-refractivity contribution is 9.10. The number of esters is 1. The van der Waals surface area contributed by atoms with Crippen molar-refractivity contribution in [3.63, 3.8) is 0 Å². The third kappa shape index (κ3) is 4.43. The molecule has 1 atom stereocenters. The summed E-state index contributed by atoms with van der Waals surface area (Å²) in [6, 6.07) is 2.89. The van der Waals surface area contributed by atoms with E-state index in [1.807, 2.05) is 0 Å². The molecule has 0 bridgehead atoms. The first-order valence-corrected chi connectivity index (χ1v) is 10.7. The minimum absolute atomic E-state index is 0.0155. The molecule has 1 aromatic carbocycles. The van der Waals surface area contributed by atoms with Crippen molar-refractivity contribution in [1.29, 1.82) is 0 Å². The van der Waals surface area contributed by atoms with E-state index in [4.69, 9.17) is 4.74 Å². The van der Waals surface area contributed by atoms with Crippen LogP contribution in [0.4, 0.5) is 4.39 Å². The fraction of sp³-hybridized carbons (Fsp3) is 0.529. The molecule has 2 aromatic rings. The van der Waals surface area contributed by atoms with Crippen LogP contribution in [0.1, 0.15) is 34.1 Å². The molecule has 9 heteroatoms. The zero-order valence-electron chi connectivity index (χ0n) is 15.3. The number of carbonyl (C=O) groups excluding carboxylic acids is 1. The molecule has 0 aliphatic heterocycles. The average molecular weight is 449 g/mol. The molecule has 0 saturated carbocycles. The van der Waals surface area contributed by atoms with Crippen LogP contribution in [0.5, 0.6) is 0 Å². The lowest BCUT2D eigenvalue weighted by atomic mass is 10.1. The third-order valence-electron chi connectivity index (χ3n) is 4.06. The van der Waals surface area contributed by atoms with E-state index in [9.17, 15) is 17.6 Å². The Labute approximate surface area is 160 Å². The molecule has 26 heavy (non-hydrogen) atoms. The summed E-state index contributed by atoms with van der Waals surface area (Å²) in [5.74, 6) is -1.23. The van der Waals surface area contributed by atoms with E-state index < -0.39 is 32.0 Å². The van der Waals surface area contributed by atoms with Crippen LogP contribution >= 0.6 is 15.9 Å². The van der Waals surface area contributed by atoms with Crippen molar-refractivity contribution in [1.82, 2.24) is 9.78 Å². The Bertz CT molecular complexity index is 911. The number of fused-ring (bicyclic) bond motifs is 1. The first kappa shape index (κ1) is 20.8. The summed E-state index contributed by atoms with van der Waals surface area (Å²) in [5, 5.41) is 4.95.